The van der Waals surface area contributed by atoms with Crippen LogP contribution in [0.25, 0.3) is 0 Å². The fourth-order valence-electron chi connectivity index (χ4n) is 1.57. The molecule has 17 heavy (non-hydrogen) atoms. The molecule has 0 aromatic heterocycles. The Hall–Kier alpha value is -0.153. The summed E-state index contributed by atoms with van der Waals surface area (Å²) >= 11 is 0. The molecule has 0 bridgehead atoms. The second-order valence-electron chi connectivity index (χ2n) is 6.72. The maximum absolute atomic E-state index is 11.0. The van der Waals surface area contributed by atoms with Gasteiger partial charge < -0.3 is 9.22 Å². The molecule has 0 heterocycles. The Morgan fingerprint density at radius 1 is 1.24 bits per heavy atom. The third-order valence-electron chi connectivity index (χ3n) is 4.17. The topological polar surface area (TPSA) is 26.3 Å². The zero-order valence-electron chi connectivity index (χ0n) is 12.8. The lowest BCUT2D eigenvalue weighted by atomic mass is 9.93. The minimum Gasteiger partial charge on any atom is -0.413 e. The lowest BCUT2D eigenvalue weighted by molar-refractivity contribution is -0.114. The van der Waals surface area contributed by atoms with Crippen LogP contribution in [0.5, 0.6) is 0 Å². The van der Waals surface area contributed by atoms with Crippen molar-refractivity contribution in [1.82, 2.24) is 0 Å². The van der Waals surface area contributed by atoms with Crippen LogP contribution < -0.4 is 0 Å². The zero-order valence-corrected chi connectivity index (χ0v) is 13.8. The lowest BCUT2D eigenvalue weighted by Gasteiger charge is -2.42. The van der Waals surface area contributed by atoms with Crippen LogP contribution in [-0.2, 0) is 9.22 Å². The summed E-state index contributed by atoms with van der Waals surface area (Å²) < 4.78 is 6.42. The summed E-state index contributed by atoms with van der Waals surface area (Å²) in [5.41, 5.74) is 0. The highest BCUT2D eigenvalue weighted by Crippen LogP contribution is 2.39. The van der Waals surface area contributed by atoms with Crippen LogP contribution in [0.2, 0.25) is 18.1 Å². The Labute approximate surface area is 108 Å². The number of aldehydes is 1. The maximum atomic E-state index is 11.0. The van der Waals surface area contributed by atoms with E-state index in [1.165, 1.54) is 0 Å². The molecule has 0 aliphatic rings. The van der Waals surface area contributed by atoms with E-state index >= 15 is 0 Å². The molecule has 0 saturated heterocycles. The molecule has 0 amide bonds. The third kappa shape index (κ3) is 4.55. The fourth-order valence-corrected chi connectivity index (χ4v) is 3.05. The van der Waals surface area contributed by atoms with Gasteiger partial charge in [0.2, 0.25) is 0 Å². The highest BCUT2D eigenvalue weighted by Gasteiger charge is 2.41. The molecule has 0 aromatic rings. The van der Waals surface area contributed by atoms with Gasteiger partial charge in [0.05, 0.1) is 6.10 Å². The van der Waals surface area contributed by atoms with Crippen LogP contribution in [0.1, 0.15) is 48.0 Å². The van der Waals surface area contributed by atoms with Gasteiger partial charge in [-0.1, -0.05) is 48.0 Å². The Bertz CT molecular complexity index is 243. The van der Waals surface area contributed by atoms with E-state index in [4.69, 9.17) is 4.43 Å². The summed E-state index contributed by atoms with van der Waals surface area (Å²) in [6, 6.07) is 0. The van der Waals surface area contributed by atoms with Crippen molar-refractivity contribution in [3.05, 3.63) is 0 Å². The molecule has 2 nitrogen and oxygen atoms in total. The molecule has 0 aromatic carbocycles. The van der Waals surface area contributed by atoms with Crippen LogP contribution in [0.4, 0.5) is 0 Å². The molecule has 0 radical (unpaired) electrons. The van der Waals surface area contributed by atoms with Crippen molar-refractivity contribution in [1.29, 1.82) is 0 Å². The Balaban J connectivity index is 4.93. The SMILES string of the molecule is CC[C@@H](C)[C@H](O[Si](C)(C)C(C)(C)C)[C@H](C)C=O. The van der Waals surface area contributed by atoms with Gasteiger partial charge in [-0.05, 0) is 24.1 Å². The first-order valence-electron chi connectivity index (χ1n) is 6.70. The summed E-state index contributed by atoms with van der Waals surface area (Å²) in [5.74, 6) is 0.420. The van der Waals surface area contributed by atoms with Crippen molar-refractivity contribution in [2.24, 2.45) is 11.8 Å². The van der Waals surface area contributed by atoms with E-state index < -0.39 is 8.32 Å². The lowest BCUT2D eigenvalue weighted by Crippen LogP contribution is -2.47. The maximum Gasteiger partial charge on any atom is 0.192 e. The highest BCUT2D eigenvalue weighted by atomic mass is 28.4. The number of carbonyl (C=O) groups excluding carboxylic acids is 1. The number of hydrogen-bond acceptors (Lipinski definition) is 2. The molecule has 3 atom stereocenters. The van der Waals surface area contributed by atoms with E-state index in [-0.39, 0.29) is 17.1 Å². The van der Waals surface area contributed by atoms with E-state index in [1.807, 2.05) is 6.92 Å². The Morgan fingerprint density at radius 3 is 2.00 bits per heavy atom. The van der Waals surface area contributed by atoms with Crippen molar-refractivity contribution < 1.29 is 9.22 Å². The second kappa shape index (κ2) is 6.14. The van der Waals surface area contributed by atoms with Gasteiger partial charge in [-0.2, -0.15) is 0 Å². The van der Waals surface area contributed by atoms with Crippen molar-refractivity contribution in [3.8, 4) is 0 Å². The van der Waals surface area contributed by atoms with E-state index in [1.54, 1.807) is 0 Å². The van der Waals surface area contributed by atoms with Crippen LogP contribution in [-0.4, -0.2) is 20.7 Å². The smallest absolute Gasteiger partial charge is 0.192 e. The van der Waals surface area contributed by atoms with E-state index in [0.717, 1.165) is 12.7 Å². The molecule has 102 valence electrons. The monoisotopic (exact) mass is 258 g/mol. The van der Waals surface area contributed by atoms with Gasteiger partial charge in [0, 0.05) is 5.92 Å². The molecule has 0 rings (SSSR count). The minimum atomic E-state index is -1.78. The van der Waals surface area contributed by atoms with Crippen molar-refractivity contribution in [3.63, 3.8) is 0 Å². The van der Waals surface area contributed by atoms with Gasteiger partial charge in [0.25, 0.3) is 0 Å². The average molecular weight is 258 g/mol. The average Bonchev–Trinajstić information content (AvgIpc) is 2.22. The number of rotatable bonds is 6. The van der Waals surface area contributed by atoms with Crippen LogP contribution in [0.15, 0.2) is 0 Å². The van der Waals surface area contributed by atoms with Crippen LogP contribution in [0.3, 0.4) is 0 Å². The summed E-state index contributed by atoms with van der Waals surface area (Å²) in [5, 5.41) is 0.196. The molecular formula is C14H30O2Si. The number of carbonyl (C=O) groups is 1. The molecule has 0 aliphatic heterocycles. The largest absolute Gasteiger partial charge is 0.413 e. The van der Waals surface area contributed by atoms with Crippen molar-refractivity contribution in [2.75, 3.05) is 0 Å². The normalized spacial score (nSPS) is 18.6. The quantitative estimate of drug-likeness (QED) is 0.525. The molecule has 0 unspecified atom stereocenters. The summed E-state index contributed by atoms with van der Waals surface area (Å²) in [6.07, 6.45) is 2.15. The van der Waals surface area contributed by atoms with E-state index in [2.05, 4.69) is 47.7 Å². The molecule has 0 N–H and O–H groups in total. The van der Waals surface area contributed by atoms with Gasteiger partial charge in [0.1, 0.15) is 6.29 Å². The number of hydrogen-bond donors (Lipinski definition) is 0. The third-order valence-corrected chi connectivity index (χ3v) is 8.65. The minimum absolute atomic E-state index is 0.0147. The molecular weight excluding hydrogens is 228 g/mol. The first-order valence-corrected chi connectivity index (χ1v) is 9.60. The zero-order chi connectivity index (χ0) is 13.9. The first-order chi connectivity index (χ1) is 7.56. The molecule has 0 spiro atoms. The summed E-state index contributed by atoms with van der Waals surface area (Å²) in [6.45, 7) is 17.5. The van der Waals surface area contributed by atoms with E-state index in [9.17, 15) is 4.79 Å². The second-order valence-corrected chi connectivity index (χ2v) is 11.5. The predicted octanol–water partition coefficient (Wildman–Crippen LogP) is 4.26. The van der Waals surface area contributed by atoms with Crippen molar-refractivity contribution >= 4 is 14.6 Å². The van der Waals surface area contributed by atoms with E-state index in [0.29, 0.717) is 5.92 Å². The Morgan fingerprint density at radius 2 is 1.71 bits per heavy atom. The summed E-state index contributed by atoms with van der Waals surface area (Å²) in [7, 11) is -1.78. The fraction of sp³-hybridized carbons (Fsp3) is 0.929. The van der Waals surface area contributed by atoms with Gasteiger partial charge >= 0.3 is 0 Å². The van der Waals surface area contributed by atoms with Gasteiger partial charge in [-0.25, -0.2) is 0 Å². The predicted molar refractivity (Wildman–Crippen MR) is 76.8 cm³/mol. The first kappa shape index (κ1) is 16.8. The Kier molecular flexibility index (Phi) is 6.09. The summed E-state index contributed by atoms with van der Waals surface area (Å²) in [4.78, 5) is 11.0. The highest BCUT2D eigenvalue weighted by molar-refractivity contribution is 6.74. The molecule has 0 saturated carbocycles. The van der Waals surface area contributed by atoms with Crippen LogP contribution >= 0.6 is 0 Å². The molecule has 0 fully saturated rings. The molecule has 3 heteroatoms. The van der Waals surface area contributed by atoms with Gasteiger partial charge in [-0.15, -0.1) is 0 Å². The molecule has 0 aliphatic carbocycles. The van der Waals surface area contributed by atoms with Gasteiger partial charge in [-0.3, -0.25) is 0 Å². The van der Waals surface area contributed by atoms with Crippen molar-refractivity contribution in [2.45, 2.75) is 72.2 Å². The van der Waals surface area contributed by atoms with Gasteiger partial charge in [0.15, 0.2) is 8.32 Å². The van der Waals surface area contributed by atoms with Crippen LogP contribution in [0, 0.1) is 11.8 Å². The standard InChI is InChI=1S/C14H30O2Si/c1-9-11(2)13(12(3)10-15)16-17(7,8)14(4,5)6/h10-13H,9H2,1-8H3/t11-,12-,13+/m1/s1.